The third-order valence-corrected chi connectivity index (χ3v) is 3.19. The highest BCUT2D eigenvalue weighted by Crippen LogP contribution is 2.30. The molecule has 1 amide bonds. The molecule has 0 aliphatic carbocycles. The van der Waals surface area contributed by atoms with Crippen LogP contribution in [0, 0.1) is 11.3 Å². The number of azo groups is 1. The minimum atomic E-state index is -1.13. The number of nitriles is 1. The van der Waals surface area contributed by atoms with Gasteiger partial charge in [0.15, 0.2) is 0 Å². The summed E-state index contributed by atoms with van der Waals surface area (Å²) in [5.41, 5.74) is 2.54. The van der Waals surface area contributed by atoms with Crippen LogP contribution in [0.15, 0.2) is 64.8 Å². The van der Waals surface area contributed by atoms with Crippen LogP contribution in [0.25, 0.3) is 11.1 Å². The number of carbonyl (C=O) groups is 1. The number of nitrogens with one attached hydrogen (secondary N) is 1. The van der Waals surface area contributed by atoms with Crippen LogP contribution in [-0.2, 0) is 4.79 Å². The van der Waals surface area contributed by atoms with Gasteiger partial charge in [0.2, 0.25) is 6.04 Å². The highest BCUT2D eigenvalue weighted by Gasteiger charge is 2.16. The van der Waals surface area contributed by atoms with Crippen LogP contribution in [0.4, 0.5) is 5.69 Å². The number of hydrogen-bond acceptors (Lipinski definition) is 4. The summed E-state index contributed by atoms with van der Waals surface area (Å²) in [5.74, 6) is -0.421. The van der Waals surface area contributed by atoms with Gasteiger partial charge in [-0.05, 0) is 18.1 Å². The molecular weight excluding hydrogens is 288 g/mol. The Bertz CT molecular complexity index is 719. The molecule has 5 heteroatoms. The normalized spacial score (nSPS) is 11.8. The summed E-state index contributed by atoms with van der Waals surface area (Å²) in [7, 11) is 0. The van der Waals surface area contributed by atoms with Gasteiger partial charge in [0.25, 0.3) is 5.91 Å². The summed E-state index contributed by atoms with van der Waals surface area (Å²) in [6.45, 7) is 2.46. The predicted octanol–water partition coefficient (Wildman–Crippen LogP) is 3.86. The summed E-state index contributed by atoms with van der Waals surface area (Å²) in [6, 6.07) is 18.0. The van der Waals surface area contributed by atoms with Crippen molar-refractivity contribution in [2.45, 2.75) is 19.4 Å². The van der Waals surface area contributed by atoms with Gasteiger partial charge in [-0.3, -0.25) is 4.79 Å². The molecule has 0 aliphatic heterocycles. The Kier molecular flexibility index (Phi) is 6.01. The van der Waals surface area contributed by atoms with E-state index in [0.717, 1.165) is 17.5 Å². The first-order chi connectivity index (χ1) is 11.3. The summed E-state index contributed by atoms with van der Waals surface area (Å²) >= 11 is 0. The Morgan fingerprint density at radius 3 is 2.57 bits per heavy atom. The van der Waals surface area contributed by atoms with Gasteiger partial charge in [0, 0.05) is 12.1 Å². The van der Waals surface area contributed by atoms with E-state index in [0.29, 0.717) is 12.2 Å². The van der Waals surface area contributed by atoms with Crippen molar-refractivity contribution >= 4 is 11.6 Å². The maximum absolute atomic E-state index is 11.8. The fourth-order valence-corrected chi connectivity index (χ4v) is 2.02. The number of rotatable bonds is 6. The molecule has 2 rings (SSSR count). The molecule has 0 bridgehead atoms. The molecule has 116 valence electrons. The Balaban J connectivity index is 2.23. The first kappa shape index (κ1) is 16.4. The molecule has 0 fully saturated rings. The van der Waals surface area contributed by atoms with Crippen molar-refractivity contribution in [3.05, 3.63) is 54.6 Å². The van der Waals surface area contributed by atoms with Gasteiger partial charge in [-0.1, -0.05) is 55.5 Å². The van der Waals surface area contributed by atoms with E-state index in [4.69, 9.17) is 5.26 Å². The zero-order valence-corrected chi connectivity index (χ0v) is 12.9. The average Bonchev–Trinajstić information content (AvgIpc) is 2.61. The zero-order chi connectivity index (χ0) is 16.5. The maximum atomic E-state index is 11.8. The molecule has 0 radical (unpaired) electrons. The van der Waals surface area contributed by atoms with E-state index >= 15 is 0 Å². The van der Waals surface area contributed by atoms with Crippen molar-refractivity contribution < 1.29 is 4.79 Å². The Labute approximate surface area is 135 Å². The first-order valence-corrected chi connectivity index (χ1v) is 7.49. The predicted molar refractivity (Wildman–Crippen MR) is 89.1 cm³/mol. The largest absolute Gasteiger partial charge is 0.353 e. The van der Waals surface area contributed by atoms with Gasteiger partial charge in [0.1, 0.15) is 6.07 Å². The second kappa shape index (κ2) is 8.44. The first-order valence-electron chi connectivity index (χ1n) is 7.49. The Morgan fingerprint density at radius 1 is 1.17 bits per heavy atom. The quantitative estimate of drug-likeness (QED) is 0.823. The van der Waals surface area contributed by atoms with Gasteiger partial charge < -0.3 is 5.32 Å². The minimum Gasteiger partial charge on any atom is -0.353 e. The molecule has 5 nitrogen and oxygen atoms in total. The maximum Gasteiger partial charge on any atom is 0.261 e. The molecule has 0 aromatic heterocycles. The number of amides is 1. The topological polar surface area (TPSA) is 77.6 Å². The molecule has 0 saturated carbocycles. The molecule has 0 aliphatic rings. The van der Waals surface area contributed by atoms with Gasteiger partial charge in [-0.2, -0.15) is 15.5 Å². The lowest BCUT2D eigenvalue weighted by molar-refractivity contribution is -0.121. The molecule has 23 heavy (non-hydrogen) atoms. The van der Waals surface area contributed by atoms with Crippen LogP contribution < -0.4 is 5.32 Å². The van der Waals surface area contributed by atoms with Crippen molar-refractivity contribution in [1.29, 1.82) is 5.26 Å². The van der Waals surface area contributed by atoms with E-state index in [1.54, 1.807) is 0 Å². The number of benzene rings is 2. The van der Waals surface area contributed by atoms with Gasteiger partial charge in [-0.15, -0.1) is 0 Å². The van der Waals surface area contributed by atoms with Crippen LogP contribution in [0.2, 0.25) is 0 Å². The monoisotopic (exact) mass is 306 g/mol. The van der Waals surface area contributed by atoms with Gasteiger partial charge in [-0.25, -0.2) is 0 Å². The van der Waals surface area contributed by atoms with Gasteiger partial charge in [0.05, 0.1) is 5.69 Å². The molecule has 2 aromatic rings. The molecule has 1 unspecified atom stereocenters. The fraction of sp³-hybridized carbons (Fsp3) is 0.222. The highest BCUT2D eigenvalue weighted by atomic mass is 16.2. The Morgan fingerprint density at radius 2 is 1.87 bits per heavy atom. The second-order valence-electron chi connectivity index (χ2n) is 4.92. The lowest BCUT2D eigenvalue weighted by atomic mass is 10.0. The van der Waals surface area contributed by atoms with Crippen molar-refractivity contribution in [3.8, 4) is 17.2 Å². The van der Waals surface area contributed by atoms with Crippen LogP contribution in [-0.4, -0.2) is 18.5 Å². The highest BCUT2D eigenvalue weighted by molar-refractivity contribution is 5.84. The van der Waals surface area contributed by atoms with Crippen molar-refractivity contribution in [1.82, 2.24) is 5.32 Å². The minimum absolute atomic E-state index is 0.421. The third-order valence-electron chi connectivity index (χ3n) is 3.19. The average molecular weight is 306 g/mol. The van der Waals surface area contributed by atoms with E-state index < -0.39 is 11.9 Å². The summed E-state index contributed by atoms with van der Waals surface area (Å²) < 4.78 is 0. The smallest absolute Gasteiger partial charge is 0.261 e. The van der Waals surface area contributed by atoms with E-state index in [2.05, 4.69) is 15.5 Å². The second-order valence-corrected chi connectivity index (χ2v) is 4.92. The van der Waals surface area contributed by atoms with E-state index in [1.807, 2.05) is 67.6 Å². The van der Waals surface area contributed by atoms with Crippen molar-refractivity contribution in [3.63, 3.8) is 0 Å². The van der Waals surface area contributed by atoms with Crippen molar-refractivity contribution in [2.75, 3.05) is 6.54 Å². The van der Waals surface area contributed by atoms with Crippen LogP contribution in [0.3, 0.4) is 0 Å². The summed E-state index contributed by atoms with van der Waals surface area (Å²) in [5, 5.41) is 19.8. The number of hydrogen-bond donors (Lipinski definition) is 1. The van der Waals surface area contributed by atoms with Crippen LogP contribution in [0.5, 0.6) is 0 Å². The number of carbonyl (C=O) groups excluding carboxylic acids is 1. The molecule has 0 spiro atoms. The third kappa shape index (κ3) is 4.48. The summed E-state index contributed by atoms with van der Waals surface area (Å²) in [6.07, 6.45) is 0.803. The van der Waals surface area contributed by atoms with E-state index in [-0.39, 0.29) is 0 Å². The molecule has 0 saturated heterocycles. The molecule has 1 atom stereocenters. The Hall–Kier alpha value is -3.00. The molecular formula is C18H18N4O. The van der Waals surface area contributed by atoms with Crippen LogP contribution >= 0.6 is 0 Å². The fourth-order valence-electron chi connectivity index (χ4n) is 2.02. The van der Waals surface area contributed by atoms with E-state index in [1.165, 1.54) is 0 Å². The van der Waals surface area contributed by atoms with E-state index in [9.17, 15) is 4.79 Å². The SMILES string of the molecule is CCCNC(=O)C(C#N)N=Nc1ccccc1-c1ccccc1. The summed E-state index contributed by atoms with van der Waals surface area (Å²) in [4.78, 5) is 11.8. The molecule has 0 heterocycles. The zero-order valence-electron chi connectivity index (χ0n) is 12.9. The lowest BCUT2D eigenvalue weighted by Crippen LogP contribution is -2.32. The number of nitrogens with zero attached hydrogens (tertiary/aromatic N) is 3. The standard InChI is InChI=1S/C18H18N4O/c1-2-12-20-18(23)17(13-19)22-21-16-11-7-6-10-15(16)14-8-4-3-5-9-14/h3-11,17H,2,12H2,1H3,(H,20,23). The molecule has 1 N–H and O–H groups in total. The van der Waals surface area contributed by atoms with Crippen LogP contribution in [0.1, 0.15) is 13.3 Å². The van der Waals surface area contributed by atoms with Crippen molar-refractivity contribution in [2.24, 2.45) is 10.2 Å². The van der Waals surface area contributed by atoms with Gasteiger partial charge >= 0.3 is 0 Å². The lowest BCUT2D eigenvalue weighted by Gasteiger charge is -2.06. The molecule has 2 aromatic carbocycles.